The number of benzene rings is 3. The van der Waals surface area contributed by atoms with Gasteiger partial charge in [0, 0.05) is 56.2 Å². The smallest absolute Gasteiger partial charge is 0.185 e. The molecule has 0 aromatic heterocycles. The molecule has 4 rings (SSSR count). The van der Waals surface area contributed by atoms with Crippen molar-refractivity contribution in [1.82, 2.24) is 10.2 Å². The first-order valence-electron chi connectivity index (χ1n) is 12.8. The second kappa shape index (κ2) is 12.0. The Hall–Kier alpha value is -3.41. The molecule has 5 heteroatoms. The van der Waals surface area contributed by atoms with Crippen LogP contribution in [0.1, 0.15) is 27.0 Å². The lowest BCUT2D eigenvalue weighted by Gasteiger charge is -2.31. The summed E-state index contributed by atoms with van der Waals surface area (Å²) in [5.74, 6) is 0.0119. The van der Waals surface area contributed by atoms with E-state index in [-0.39, 0.29) is 5.78 Å². The van der Waals surface area contributed by atoms with Crippen molar-refractivity contribution in [3.8, 4) is 11.1 Å². The zero-order chi connectivity index (χ0) is 25.5. The summed E-state index contributed by atoms with van der Waals surface area (Å²) >= 11 is 0. The van der Waals surface area contributed by atoms with Gasteiger partial charge in [-0.15, -0.1) is 0 Å². The molecule has 0 amide bonds. The third-order valence-corrected chi connectivity index (χ3v) is 6.51. The highest BCUT2D eigenvalue weighted by Gasteiger charge is 2.15. The lowest BCUT2D eigenvalue weighted by molar-refractivity contribution is 0.104. The molecule has 2 N–H and O–H groups in total. The molecule has 0 bridgehead atoms. The van der Waals surface area contributed by atoms with E-state index < -0.39 is 0 Å². The quantitative estimate of drug-likeness (QED) is 0.322. The van der Waals surface area contributed by atoms with E-state index in [9.17, 15) is 4.79 Å². The average Bonchev–Trinajstić information content (AvgIpc) is 2.87. The Balaban J connectivity index is 1.57. The number of carbonyl (C=O) groups is 1. The molecule has 0 spiro atoms. The summed E-state index contributed by atoms with van der Waals surface area (Å²) in [6, 6.07) is 21.0. The van der Waals surface area contributed by atoms with Crippen LogP contribution < -0.4 is 15.5 Å². The number of carbonyl (C=O) groups excluding carboxylic acids is 1. The van der Waals surface area contributed by atoms with E-state index in [1.165, 1.54) is 27.9 Å². The van der Waals surface area contributed by atoms with E-state index >= 15 is 0 Å². The van der Waals surface area contributed by atoms with Crippen LogP contribution in [0.4, 0.5) is 11.4 Å². The second-order valence-electron chi connectivity index (χ2n) is 9.89. The van der Waals surface area contributed by atoms with Gasteiger partial charge in [0.05, 0.1) is 0 Å². The number of hydrogen-bond acceptors (Lipinski definition) is 5. The number of rotatable bonds is 9. The third-order valence-electron chi connectivity index (χ3n) is 6.51. The molecule has 188 valence electrons. The van der Waals surface area contributed by atoms with E-state index in [0.29, 0.717) is 5.56 Å². The van der Waals surface area contributed by atoms with Crippen LogP contribution in [0.2, 0.25) is 0 Å². The molecule has 0 aliphatic carbocycles. The van der Waals surface area contributed by atoms with E-state index in [0.717, 1.165) is 50.5 Å². The number of likely N-dealkylation sites (N-methyl/N-ethyl adjacent to an activating group) is 1. The maximum atomic E-state index is 13.0. The van der Waals surface area contributed by atoms with E-state index in [2.05, 4.69) is 84.8 Å². The topological polar surface area (TPSA) is 47.6 Å². The molecule has 36 heavy (non-hydrogen) atoms. The van der Waals surface area contributed by atoms with Crippen LogP contribution >= 0.6 is 0 Å². The van der Waals surface area contributed by atoms with Crippen LogP contribution in [0.5, 0.6) is 0 Å². The van der Waals surface area contributed by atoms with Crippen molar-refractivity contribution in [2.75, 3.05) is 63.6 Å². The van der Waals surface area contributed by atoms with Gasteiger partial charge in [-0.3, -0.25) is 4.79 Å². The predicted molar refractivity (Wildman–Crippen MR) is 153 cm³/mol. The fourth-order valence-corrected chi connectivity index (χ4v) is 4.64. The minimum atomic E-state index is 0.0119. The van der Waals surface area contributed by atoms with Gasteiger partial charge in [-0.25, -0.2) is 0 Å². The first kappa shape index (κ1) is 25.7. The highest BCUT2D eigenvalue weighted by Crippen LogP contribution is 2.30. The van der Waals surface area contributed by atoms with Gasteiger partial charge >= 0.3 is 0 Å². The summed E-state index contributed by atoms with van der Waals surface area (Å²) in [6.45, 7) is 9.94. The Morgan fingerprint density at radius 3 is 2.31 bits per heavy atom. The molecule has 1 heterocycles. The summed E-state index contributed by atoms with van der Waals surface area (Å²) in [6.07, 6.45) is 3.69. The summed E-state index contributed by atoms with van der Waals surface area (Å²) in [5, 5.41) is 6.82. The second-order valence-corrected chi connectivity index (χ2v) is 9.89. The normalized spacial score (nSPS) is 14.0. The van der Waals surface area contributed by atoms with Gasteiger partial charge < -0.3 is 20.4 Å². The van der Waals surface area contributed by atoms with Crippen molar-refractivity contribution in [2.24, 2.45) is 0 Å². The Morgan fingerprint density at radius 1 is 0.944 bits per heavy atom. The van der Waals surface area contributed by atoms with Crippen molar-refractivity contribution in [1.29, 1.82) is 0 Å². The molecule has 1 aliphatic rings. The highest BCUT2D eigenvalue weighted by atomic mass is 16.1. The number of piperazine rings is 1. The number of nitrogens with zero attached hydrogens (tertiary/aromatic N) is 2. The van der Waals surface area contributed by atoms with Crippen LogP contribution in [-0.2, 0) is 0 Å². The van der Waals surface area contributed by atoms with Crippen LogP contribution in [-0.4, -0.2) is 64.0 Å². The van der Waals surface area contributed by atoms with E-state index in [1.54, 1.807) is 6.08 Å². The summed E-state index contributed by atoms with van der Waals surface area (Å²) in [7, 11) is 4.11. The number of nitrogens with one attached hydrogen (secondary N) is 2. The molecule has 0 unspecified atom stereocenters. The van der Waals surface area contributed by atoms with Gasteiger partial charge in [-0.1, -0.05) is 35.4 Å². The number of ketones is 1. The summed E-state index contributed by atoms with van der Waals surface area (Å²) < 4.78 is 0. The standard InChI is InChI=1S/C31H38N4O/c1-23-19-24(2)21-28(20-23)26-7-11-30(35-17-13-32-14-18-35)27(22-26)8-12-31(36)25-5-9-29(10-6-25)33-15-16-34(3)4/h5-12,19-22,32-33H,13-18H2,1-4H3/b12-8+. The zero-order valence-corrected chi connectivity index (χ0v) is 22.0. The Labute approximate surface area is 215 Å². The largest absolute Gasteiger partial charge is 0.384 e. The maximum absolute atomic E-state index is 13.0. The first-order chi connectivity index (χ1) is 17.4. The molecular formula is C31H38N4O. The fourth-order valence-electron chi connectivity index (χ4n) is 4.64. The van der Waals surface area contributed by atoms with Gasteiger partial charge in [0.15, 0.2) is 5.78 Å². The number of hydrogen-bond donors (Lipinski definition) is 2. The van der Waals surface area contributed by atoms with Crippen molar-refractivity contribution in [3.63, 3.8) is 0 Å². The molecule has 3 aromatic rings. The van der Waals surface area contributed by atoms with Crippen molar-refractivity contribution in [2.45, 2.75) is 13.8 Å². The first-order valence-corrected chi connectivity index (χ1v) is 12.8. The van der Waals surface area contributed by atoms with Crippen LogP contribution in [0.25, 0.3) is 17.2 Å². The Bertz CT molecular complexity index is 1190. The summed E-state index contributed by atoms with van der Waals surface area (Å²) in [5.41, 5.74) is 8.85. The average molecular weight is 483 g/mol. The lowest BCUT2D eigenvalue weighted by atomic mass is 9.97. The number of aryl methyl sites for hydroxylation is 2. The highest BCUT2D eigenvalue weighted by molar-refractivity contribution is 6.07. The summed E-state index contributed by atoms with van der Waals surface area (Å²) in [4.78, 5) is 17.6. The molecule has 0 radical (unpaired) electrons. The van der Waals surface area contributed by atoms with Gasteiger partial charge in [-0.05, 0) is 93.2 Å². The van der Waals surface area contributed by atoms with Gasteiger partial charge in [0.1, 0.15) is 0 Å². The van der Waals surface area contributed by atoms with E-state index in [4.69, 9.17) is 0 Å². The molecule has 3 aromatic carbocycles. The molecule has 1 aliphatic heterocycles. The maximum Gasteiger partial charge on any atom is 0.185 e. The van der Waals surface area contributed by atoms with Crippen LogP contribution in [0, 0.1) is 13.8 Å². The van der Waals surface area contributed by atoms with Gasteiger partial charge in [0.25, 0.3) is 0 Å². The minimum absolute atomic E-state index is 0.0119. The molecular weight excluding hydrogens is 444 g/mol. The molecule has 1 fully saturated rings. The molecule has 0 saturated carbocycles. The number of anilines is 2. The molecule has 0 atom stereocenters. The zero-order valence-electron chi connectivity index (χ0n) is 22.0. The van der Waals surface area contributed by atoms with Gasteiger partial charge in [-0.2, -0.15) is 0 Å². The van der Waals surface area contributed by atoms with Crippen molar-refractivity contribution in [3.05, 3.63) is 89.0 Å². The van der Waals surface area contributed by atoms with Crippen LogP contribution in [0.3, 0.4) is 0 Å². The van der Waals surface area contributed by atoms with Crippen molar-refractivity contribution >= 4 is 23.2 Å². The van der Waals surface area contributed by atoms with Crippen molar-refractivity contribution < 1.29 is 4.79 Å². The third kappa shape index (κ3) is 6.84. The SMILES string of the molecule is Cc1cc(C)cc(-c2ccc(N3CCNCC3)c(/C=C/C(=O)c3ccc(NCCN(C)C)cc3)c2)c1. The minimum Gasteiger partial charge on any atom is -0.384 e. The van der Waals surface area contributed by atoms with E-state index in [1.807, 2.05) is 30.3 Å². The Morgan fingerprint density at radius 2 is 1.64 bits per heavy atom. The Kier molecular flexibility index (Phi) is 8.57. The van der Waals surface area contributed by atoms with Gasteiger partial charge in [0.2, 0.25) is 0 Å². The predicted octanol–water partition coefficient (Wildman–Crippen LogP) is 5.25. The number of allylic oxidation sites excluding steroid dienone is 1. The molecule has 5 nitrogen and oxygen atoms in total. The molecule has 1 saturated heterocycles. The lowest BCUT2D eigenvalue weighted by Crippen LogP contribution is -2.43. The fraction of sp³-hybridized carbons (Fsp3) is 0.323. The monoisotopic (exact) mass is 482 g/mol. The van der Waals surface area contributed by atoms with Crippen LogP contribution in [0.15, 0.2) is 66.7 Å².